The van der Waals surface area contributed by atoms with E-state index in [4.69, 9.17) is 9.47 Å². The smallest absolute Gasteiger partial charge is 0.302 e. The predicted octanol–water partition coefficient (Wildman–Crippen LogP) is 4.03. The Morgan fingerprint density at radius 1 is 1.34 bits per heavy atom. The van der Waals surface area contributed by atoms with Crippen molar-refractivity contribution in [2.75, 3.05) is 0 Å². The number of hydrogen-bond acceptors (Lipinski definition) is 5. The summed E-state index contributed by atoms with van der Waals surface area (Å²) in [5, 5.41) is 0. The van der Waals surface area contributed by atoms with Gasteiger partial charge in [-0.2, -0.15) is 0 Å². The average molecular weight is 391 g/mol. The molecule has 1 aromatic rings. The largest absolute Gasteiger partial charge is 0.489 e. The van der Waals surface area contributed by atoms with Crippen LogP contribution in [0.15, 0.2) is 59.7 Å². The van der Waals surface area contributed by atoms with Gasteiger partial charge in [-0.15, -0.1) is 0 Å². The molecule has 1 fully saturated rings. The van der Waals surface area contributed by atoms with Gasteiger partial charge in [-0.3, -0.25) is 14.6 Å². The summed E-state index contributed by atoms with van der Waals surface area (Å²) in [5.74, 6) is 0.908. The molecule has 0 N–H and O–H groups in total. The van der Waals surface area contributed by atoms with Crippen LogP contribution in [0.5, 0.6) is 0 Å². The van der Waals surface area contributed by atoms with Crippen molar-refractivity contribution in [1.29, 1.82) is 0 Å². The van der Waals surface area contributed by atoms with Crippen LogP contribution in [0.1, 0.15) is 51.0 Å². The van der Waals surface area contributed by atoms with Crippen molar-refractivity contribution in [3.8, 4) is 0 Å². The molecule has 5 rings (SSSR count). The van der Waals surface area contributed by atoms with Crippen LogP contribution in [0.2, 0.25) is 0 Å². The summed E-state index contributed by atoms with van der Waals surface area (Å²) in [6.45, 7) is 3.69. The van der Waals surface area contributed by atoms with Crippen molar-refractivity contribution in [2.24, 2.45) is 11.3 Å². The maximum Gasteiger partial charge on any atom is 0.302 e. The second kappa shape index (κ2) is 6.68. The summed E-state index contributed by atoms with van der Waals surface area (Å²) in [4.78, 5) is 28.5. The number of allylic oxidation sites excluding steroid dienone is 4. The van der Waals surface area contributed by atoms with Crippen molar-refractivity contribution < 1.29 is 19.1 Å². The molecule has 0 aromatic carbocycles. The van der Waals surface area contributed by atoms with Gasteiger partial charge in [0, 0.05) is 49.4 Å². The molecule has 2 heterocycles. The highest BCUT2D eigenvalue weighted by Gasteiger charge is 2.58. The Morgan fingerprint density at radius 3 is 2.97 bits per heavy atom. The van der Waals surface area contributed by atoms with Crippen LogP contribution in [-0.4, -0.2) is 28.9 Å². The van der Waals surface area contributed by atoms with Gasteiger partial charge in [0.25, 0.3) is 0 Å². The molecule has 5 nitrogen and oxygen atoms in total. The lowest BCUT2D eigenvalue weighted by Crippen LogP contribution is -2.41. The number of rotatable bonds is 2. The first-order valence-electron chi connectivity index (χ1n) is 10.4. The third-order valence-corrected chi connectivity index (χ3v) is 7.01. The fraction of sp³-hybridized carbons (Fsp3) is 0.458. The van der Waals surface area contributed by atoms with Crippen LogP contribution in [0.4, 0.5) is 0 Å². The Balaban J connectivity index is 1.56. The maximum atomic E-state index is 12.3. The minimum Gasteiger partial charge on any atom is -0.489 e. The van der Waals surface area contributed by atoms with Crippen LogP contribution in [0, 0.1) is 11.3 Å². The van der Waals surface area contributed by atoms with E-state index in [-0.39, 0.29) is 41.2 Å². The van der Waals surface area contributed by atoms with Crippen molar-refractivity contribution in [3.63, 3.8) is 0 Å². The number of pyridine rings is 1. The molecule has 150 valence electrons. The summed E-state index contributed by atoms with van der Waals surface area (Å²) in [6, 6.07) is 3.99. The summed E-state index contributed by atoms with van der Waals surface area (Å²) in [7, 11) is 0. The highest BCUT2D eigenvalue weighted by molar-refractivity contribution is 5.99. The third kappa shape index (κ3) is 2.86. The van der Waals surface area contributed by atoms with Gasteiger partial charge in [0.2, 0.25) is 0 Å². The van der Waals surface area contributed by atoms with E-state index in [0.29, 0.717) is 6.42 Å². The Morgan fingerprint density at radius 2 is 2.21 bits per heavy atom. The van der Waals surface area contributed by atoms with Gasteiger partial charge in [-0.1, -0.05) is 25.1 Å². The van der Waals surface area contributed by atoms with Crippen molar-refractivity contribution >= 4 is 11.8 Å². The molecule has 5 heteroatoms. The van der Waals surface area contributed by atoms with Crippen LogP contribution < -0.4 is 0 Å². The van der Waals surface area contributed by atoms with Crippen LogP contribution >= 0.6 is 0 Å². The number of ether oxygens (including phenoxy) is 2. The standard InChI is InChI=1S/C24H25NO4/c1-14(26)28-21-12-18-23-15(11-17-19(27)6-3-7-20(17)29-23)8-9-24(18,2)22(21)16-5-4-10-25-13-16/h4-5,8-11,13,18,21-23H,3,6-7,12H2,1-2H3/t18-,21+,22-,23?,24-/m0/s1. The molecule has 0 saturated heterocycles. The molecule has 1 aromatic heterocycles. The van der Waals surface area contributed by atoms with E-state index in [2.05, 4.69) is 30.1 Å². The van der Waals surface area contributed by atoms with Crippen LogP contribution in [0.25, 0.3) is 0 Å². The quantitative estimate of drug-likeness (QED) is 0.713. The monoisotopic (exact) mass is 391 g/mol. The number of carbonyl (C=O) groups is 2. The van der Waals surface area contributed by atoms with Crippen LogP contribution in [-0.2, 0) is 19.1 Å². The summed E-state index contributed by atoms with van der Waals surface area (Å²) in [6.07, 6.45) is 12.6. The van der Waals surface area contributed by atoms with Gasteiger partial charge in [0.15, 0.2) is 5.78 Å². The topological polar surface area (TPSA) is 65.5 Å². The van der Waals surface area contributed by atoms with Crippen molar-refractivity contribution in [2.45, 2.75) is 57.7 Å². The number of carbonyl (C=O) groups excluding carboxylic acids is 2. The van der Waals surface area contributed by atoms with E-state index in [9.17, 15) is 9.59 Å². The number of aromatic nitrogens is 1. The van der Waals surface area contributed by atoms with E-state index < -0.39 is 0 Å². The summed E-state index contributed by atoms with van der Waals surface area (Å²) in [5.41, 5.74) is 2.63. The van der Waals surface area contributed by atoms with E-state index in [0.717, 1.165) is 41.7 Å². The first-order valence-corrected chi connectivity index (χ1v) is 10.4. The molecule has 0 amide bonds. The zero-order valence-electron chi connectivity index (χ0n) is 16.8. The average Bonchev–Trinajstić information content (AvgIpc) is 2.99. The molecule has 1 unspecified atom stereocenters. The van der Waals surface area contributed by atoms with Gasteiger partial charge >= 0.3 is 5.97 Å². The minimum absolute atomic E-state index is 0.00913. The zero-order valence-corrected chi connectivity index (χ0v) is 16.8. The van der Waals surface area contributed by atoms with Crippen molar-refractivity contribution in [3.05, 3.63) is 65.2 Å². The van der Waals surface area contributed by atoms with Crippen molar-refractivity contribution in [1.82, 2.24) is 4.98 Å². The number of esters is 1. The number of ketones is 1. The molecule has 1 saturated carbocycles. The Bertz CT molecular complexity index is 960. The zero-order chi connectivity index (χ0) is 20.2. The molecule has 0 spiro atoms. The molecule has 3 aliphatic carbocycles. The molecule has 0 radical (unpaired) electrons. The number of fused-ring (bicyclic) bond motifs is 3. The lowest BCUT2D eigenvalue weighted by molar-refractivity contribution is -0.147. The fourth-order valence-electron chi connectivity index (χ4n) is 5.73. The number of hydrogen-bond donors (Lipinski definition) is 0. The van der Waals surface area contributed by atoms with Gasteiger partial charge in [0.05, 0.1) is 5.57 Å². The van der Waals surface area contributed by atoms with E-state index in [1.54, 1.807) is 6.20 Å². The molecule has 5 atom stereocenters. The van der Waals surface area contributed by atoms with E-state index >= 15 is 0 Å². The molecular formula is C24H25NO4. The normalized spacial score (nSPS) is 35.2. The Hall–Kier alpha value is -2.69. The predicted molar refractivity (Wildman–Crippen MR) is 107 cm³/mol. The number of Topliss-reactive ketones (excluding diaryl/α,β-unsaturated/α-hetero) is 1. The van der Waals surface area contributed by atoms with Gasteiger partial charge in [0.1, 0.15) is 18.0 Å². The lowest BCUT2D eigenvalue weighted by atomic mass is 9.65. The Kier molecular flexibility index (Phi) is 4.23. The Labute approximate surface area is 170 Å². The summed E-state index contributed by atoms with van der Waals surface area (Å²) >= 11 is 0. The first kappa shape index (κ1) is 18.3. The molecule has 1 aliphatic heterocycles. The second-order valence-corrected chi connectivity index (χ2v) is 8.75. The number of nitrogens with zero attached hydrogens (tertiary/aromatic N) is 1. The minimum atomic E-state index is -0.265. The summed E-state index contributed by atoms with van der Waals surface area (Å²) < 4.78 is 12.3. The van der Waals surface area contributed by atoms with Gasteiger partial charge in [-0.25, -0.2) is 0 Å². The van der Waals surface area contributed by atoms with Crippen LogP contribution in [0.3, 0.4) is 0 Å². The lowest BCUT2D eigenvalue weighted by Gasteiger charge is -2.44. The highest BCUT2D eigenvalue weighted by Crippen LogP contribution is 2.60. The van der Waals surface area contributed by atoms with E-state index in [1.165, 1.54) is 6.92 Å². The maximum absolute atomic E-state index is 12.3. The second-order valence-electron chi connectivity index (χ2n) is 8.75. The SMILES string of the molecule is CC(=O)O[C@@H]1C[C@H]2C3OC4=C(C=C3C=C[C@]2(C)[C@H]1c1cccnc1)C(=O)CCC4. The molecular weight excluding hydrogens is 366 g/mol. The highest BCUT2D eigenvalue weighted by atomic mass is 16.5. The molecule has 4 aliphatic rings. The fourth-order valence-corrected chi connectivity index (χ4v) is 5.73. The van der Waals surface area contributed by atoms with Gasteiger partial charge < -0.3 is 9.47 Å². The molecule has 29 heavy (non-hydrogen) atoms. The van der Waals surface area contributed by atoms with E-state index in [1.807, 2.05) is 18.3 Å². The molecule has 0 bridgehead atoms. The first-order chi connectivity index (χ1) is 14.0. The van der Waals surface area contributed by atoms with Gasteiger partial charge in [-0.05, 0) is 36.1 Å². The third-order valence-electron chi connectivity index (χ3n) is 7.01.